The van der Waals surface area contributed by atoms with Crippen LogP contribution in [0, 0.1) is 0 Å². The number of hydrogen-bond acceptors (Lipinski definition) is 5. The van der Waals surface area contributed by atoms with Crippen molar-refractivity contribution in [2.75, 3.05) is 0 Å². The first-order valence-corrected chi connectivity index (χ1v) is 8.53. The zero-order chi connectivity index (χ0) is 16.3. The molecule has 118 valence electrons. The van der Waals surface area contributed by atoms with E-state index in [9.17, 15) is 8.42 Å². The van der Waals surface area contributed by atoms with E-state index in [0.29, 0.717) is 17.6 Å². The first kappa shape index (κ1) is 15.2. The van der Waals surface area contributed by atoms with Crippen molar-refractivity contribution in [3.05, 3.63) is 59.9 Å². The number of ether oxygens (including phenoxy) is 1. The zero-order valence-electron chi connectivity index (χ0n) is 12.4. The van der Waals surface area contributed by atoms with Gasteiger partial charge in [0.05, 0.1) is 5.39 Å². The van der Waals surface area contributed by atoms with Gasteiger partial charge in [-0.25, -0.2) is 18.4 Å². The molecule has 0 spiro atoms. The van der Waals surface area contributed by atoms with Gasteiger partial charge in [0.1, 0.15) is 23.5 Å². The van der Waals surface area contributed by atoms with Crippen molar-refractivity contribution < 1.29 is 13.2 Å². The lowest BCUT2D eigenvalue weighted by Gasteiger charge is -2.07. The Labute approximate surface area is 133 Å². The number of allylic oxidation sites excluding steroid dienone is 1. The van der Waals surface area contributed by atoms with Gasteiger partial charge in [0, 0.05) is 11.6 Å². The Balaban J connectivity index is 2.02. The highest BCUT2D eigenvalue weighted by molar-refractivity contribution is 7.94. The van der Waals surface area contributed by atoms with E-state index in [1.54, 1.807) is 6.92 Å². The van der Waals surface area contributed by atoms with E-state index in [0.717, 1.165) is 11.0 Å². The minimum absolute atomic E-state index is 0.106. The Morgan fingerprint density at radius 3 is 2.74 bits per heavy atom. The average molecular weight is 329 g/mol. The van der Waals surface area contributed by atoms with Gasteiger partial charge in [0.25, 0.3) is 0 Å². The van der Waals surface area contributed by atoms with Crippen LogP contribution in [0.1, 0.15) is 12.5 Å². The molecule has 3 aromatic rings. The summed E-state index contributed by atoms with van der Waals surface area (Å²) < 4.78 is 30.3. The molecule has 2 aromatic heterocycles. The minimum atomic E-state index is -3.57. The molecule has 6 nitrogen and oxygen atoms in total. The second kappa shape index (κ2) is 6.21. The number of nitrogens with zero attached hydrogens (tertiary/aromatic N) is 2. The maximum Gasteiger partial charge on any atom is 0.227 e. The van der Waals surface area contributed by atoms with Crippen LogP contribution in [0.2, 0.25) is 0 Å². The first-order chi connectivity index (χ1) is 11.1. The van der Waals surface area contributed by atoms with Crippen LogP contribution in [0.15, 0.2) is 59.2 Å². The second-order valence-electron chi connectivity index (χ2n) is 4.84. The van der Waals surface area contributed by atoms with Gasteiger partial charge in [-0.05, 0) is 12.5 Å². The summed E-state index contributed by atoms with van der Waals surface area (Å²) in [5.74, 6) is 0.239. The molecular weight excluding hydrogens is 314 g/mol. The molecule has 0 radical (unpaired) electrons. The van der Waals surface area contributed by atoms with Crippen molar-refractivity contribution in [3.8, 4) is 5.88 Å². The van der Waals surface area contributed by atoms with Crippen LogP contribution in [0.4, 0.5) is 0 Å². The van der Waals surface area contributed by atoms with E-state index in [1.807, 2.05) is 30.3 Å². The molecular formula is C16H15N3O3S. The summed E-state index contributed by atoms with van der Waals surface area (Å²) in [5.41, 5.74) is 1.39. The van der Waals surface area contributed by atoms with E-state index in [-0.39, 0.29) is 10.8 Å². The summed E-state index contributed by atoms with van der Waals surface area (Å²) in [7, 11) is -3.57. The van der Waals surface area contributed by atoms with Gasteiger partial charge in [-0.2, -0.15) is 0 Å². The van der Waals surface area contributed by atoms with Crippen LogP contribution in [0.25, 0.3) is 11.0 Å². The van der Waals surface area contributed by atoms with Gasteiger partial charge in [-0.1, -0.05) is 36.4 Å². The molecule has 1 N–H and O–H groups in total. The molecule has 0 atom stereocenters. The summed E-state index contributed by atoms with van der Waals surface area (Å²) in [4.78, 5) is 11.1. The Morgan fingerprint density at radius 1 is 1.22 bits per heavy atom. The number of hydrogen-bond donors (Lipinski definition) is 1. The van der Waals surface area contributed by atoms with Crippen molar-refractivity contribution in [2.45, 2.75) is 18.4 Å². The Morgan fingerprint density at radius 2 is 2.00 bits per heavy atom. The maximum absolute atomic E-state index is 12.3. The van der Waals surface area contributed by atoms with Crippen molar-refractivity contribution in [1.82, 2.24) is 15.0 Å². The van der Waals surface area contributed by atoms with Crippen LogP contribution in [0.3, 0.4) is 0 Å². The number of aromatic nitrogens is 3. The SMILES string of the molecule is C/C=C\S(=O)(=O)c1c[nH]c2ncnc(OCc3ccccc3)c12. The van der Waals surface area contributed by atoms with Crippen molar-refractivity contribution in [2.24, 2.45) is 0 Å². The molecule has 0 aliphatic carbocycles. The Bertz CT molecular complexity index is 947. The fourth-order valence-electron chi connectivity index (χ4n) is 2.22. The van der Waals surface area contributed by atoms with E-state index < -0.39 is 9.84 Å². The molecule has 0 saturated heterocycles. The number of H-pyrrole nitrogens is 1. The fourth-order valence-corrected chi connectivity index (χ4v) is 3.42. The largest absolute Gasteiger partial charge is 0.472 e. The third-order valence-corrected chi connectivity index (χ3v) is 4.80. The number of rotatable bonds is 5. The molecule has 0 bridgehead atoms. The quantitative estimate of drug-likeness (QED) is 0.778. The van der Waals surface area contributed by atoms with Crippen LogP contribution in [-0.4, -0.2) is 23.4 Å². The van der Waals surface area contributed by atoms with E-state index >= 15 is 0 Å². The third kappa shape index (κ3) is 3.09. The first-order valence-electron chi connectivity index (χ1n) is 6.98. The lowest BCUT2D eigenvalue weighted by atomic mass is 10.2. The molecule has 0 aliphatic heterocycles. The normalized spacial score (nSPS) is 12.0. The summed E-state index contributed by atoms with van der Waals surface area (Å²) >= 11 is 0. The number of aromatic amines is 1. The monoisotopic (exact) mass is 329 g/mol. The molecule has 2 heterocycles. The van der Waals surface area contributed by atoms with Gasteiger partial charge < -0.3 is 9.72 Å². The van der Waals surface area contributed by atoms with Gasteiger partial charge in [0.2, 0.25) is 15.7 Å². The predicted octanol–water partition coefficient (Wildman–Crippen LogP) is 2.84. The van der Waals surface area contributed by atoms with Gasteiger partial charge in [0.15, 0.2) is 0 Å². The molecule has 7 heteroatoms. The van der Waals surface area contributed by atoms with Gasteiger partial charge in [-0.3, -0.25) is 0 Å². The van der Waals surface area contributed by atoms with Crippen LogP contribution in [0.5, 0.6) is 5.88 Å². The van der Waals surface area contributed by atoms with Crippen LogP contribution < -0.4 is 4.74 Å². The summed E-state index contributed by atoms with van der Waals surface area (Å²) in [6, 6.07) is 9.58. The lowest BCUT2D eigenvalue weighted by Crippen LogP contribution is -2.01. The van der Waals surface area contributed by atoms with Gasteiger partial charge >= 0.3 is 0 Å². The van der Waals surface area contributed by atoms with Crippen molar-refractivity contribution in [3.63, 3.8) is 0 Å². The van der Waals surface area contributed by atoms with E-state index in [2.05, 4.69) is 15.0 Å². The highest BCUT2D eigenvalue weighted by Gasteiger charge is 2.21. The molecule has 0 fully saturated rings. The zero-order valence-corrected chi connectivity index (χ0v) is 13.2. The highest BCUT2D eigenvalue weighted by Crippen LogP contribution is 2.30. The predicted molar refractivity (Wildman–Crippen MR) is 86.7 cm³/mol. The number of sulfone groups is 1. The van der Waals surface area contributed by atoms with Crippen LogP contribution in [-0.2, 0) is 16.4 Å². The smallest absolute Gasteiger partial charge is 0.227 e. The molecule has 0 unspecified atom stereocenters. The lowest BCUT2D eigenvalue weighted by molar-refractivity contribution is 0.297. The number of fused-ring (bicyclic) bond motifs is 1. The summed E-state index contributed by atoms with van der Waals surface area (Å²) in [5, 5.41) is 1.50. The number of nitrogens with one attached hydrogen (secondary N) is 1. The third-order valence-electron chi connectivity index (χ3n) is 3.24. The topological polar surface area (TPSA) is 84.9 Å². The molecule has 23 heavy (non-hydrogen) atoms. The molecule has 0 amide bonds. The van der Waals surface area contributed by atoms with Crippen molar-refractivity contribution >= 4 is 20.9 Å². The molecule has 1 aromatic carbocycles. The maximum atomic E-state index is 12.3. The second-order valence-corrected chi connectivity index (χ2v) is 6.65. The van der Waals surface area contributed by atoms with Crippen molar-refractivity contribution in [1.29, 1.82) is 0 Å². The van der Waals surface area contributed by atoms with Crippen LogP contribution >= 0.6 is 0 Å². The van der Waals surface area contributed by atoms with Gasteiger partial charge in [-0.15, -0.1) is 0 Å². The Kier molecular flexibility index (Phi) is 4.12. The summed E-state index contributed by atoms with van der Waals surface area (Å²) in [6.45, 7) is 1.94. The molecule has 3 rings (SSSR count). The summed E-state index contributed by atoms with van der Waals surface area (Å²) in [6.07, 6.45) is 4.22. The Hall–Kier alpha value is -2.67. The average Bonchev–Trinajstić information content (AvgIpc) is 2.99. The van der Waals surface area contributed by atoms with E-state index in [1.165, 1.54) is 18.6 Å². The van der Waals surface area contributed by atoms with E-state index in [4.69, 9.17) is 4.74 Å². The highest BCUT2D eigenvalue weighted by atomic mass is 32.2. The fraction of sp³-hybridized carbons (Fsp3) is 0.125. The molecule has 0 aliphatic rings. The number of benzene rings is 1. The molecule has 0 saturated carbocycles. The minimum Gasteiger partial charge on any atom is -0.472 e. The standard InChI is InChI=1S/C16H15N3O3S/c1-2-8-23(20,21)13-9-17-15-14(13)16(19-11-18-15)22-10-12-6-4-3-5-7-12/h2-9,11H,10H2,1H3,(H,17,18,19)/b8-2-.